The molecule has 0 spiro atoms. The first kappa shape index (κ1) is 12.7. The summed E-state index contributed by atoms with van der Waals surface area (Å²) in [5.41, 5.74) is -1.04. The minimum atomic E-state index is -4.60. The molecule has 0 saturated heterocycles. The maximum absolute atomic E-state index is 12.5. The highest BCUT2D eigenvalue weighted by atomic mass is 32.1. The Morgan fingerprint density at radius 2 is 2.06 bits per heavy atom. The first-order valence-corrected chi connectivity index (χ1v) is 4.50. The van der Waals surface area contributed by atoms with Gasteiger partial charge in [-0.2, -0.15) is 13.2 Å². The molecule has 0 aliphatic carbocycles. The van der Waals surface area contributed by atoms with Gasteiger partial charge in [0, 0.05) is 4.90 Å². The third-order valence-corrected chi connectivity index (χ3v) is 1.90. The van der Waals surface area contributed by atoms with Crippen molar-refractivity contribution in [3.05, 3.63) is 23.8 Å². The second-order valence-electron chi connectivity index (χ2n) is 2.86. The van der Waals surface area contributed by atoms with Gasteiger partial charge < -0.3 is 9.84 Å². The van der Waals surface area contributed by atoms with E-state index in [1.165, 1.54) is 6.07 Å². The number of alkyl halides is 3. The Hall–Kier alpha value is -1.37. The zero-order valence-corrected chi connectivity index (χ0v) is 8.68. The third kappa shape index (κ3) is 3.34. The monoisotopic (exact) mass is 252 g/mol. The fourth-order valence-electron chi connectivity index (χ4n) is 1.00. The van der Waals surface area contributed by atoms with E-state index >= 15 is 0 Å². The van der Waals surface area contributed by atoms with Crippen LogP contribution >= 0.6 is 12.6 Å². The van der Waals surface area contributed by atoms with E-state index in [4.69, 9.17) is 5.11 Å². The average molecular weight is 252 g/mol. The third-order valence-electron chi connectivity index (χ3n) is 1.62. The molecule has 0 aliphatic heterocycles. The van der Waals surface area contributed by atoms with E-state index in [-0.39, 0.29) is 4.90 Å². The van der Waals surface area contributed by atoms with Crippen molar-refractivity contribution in [3.8, 4) is 5.75 Å². The number of rotatable bonds is 3. The zero-order valence-electron chi connectivity index (χ0n) is 7.78. The van der Waals surface area contributed by atoms with Crippen molar-refractivity contribution in [2.75, 3.05) is 6.61 Å². The number of ether oxygens (including phenoxy) is 1. The molecule has 16 heavy (non-hydrogen) atoms. The minimum absolute atomic E-state index is 0.120. The highest BCUT2D eigenvalue weighted by molar-refractivity contribution is 7.80. The van der Waals surface area contributed by atoms with Crippen molar-refractivity contribution in [1.29, 1.82) is 0 Å². The van der Waals surface area contributed by atoms with E-state index < -0.39 is 30.1 Å². The smallest absolute Gasteiger partial charge is 0.420 e. The Balaban J connectivity index is 3.03. The summed E-state index contributed by atoms with van der Waals surface area (Å²) in [6.07, 6.45) is -4.60. The molecule has 0 aliphatic rings. The standard InChI is InChI=1S/C9H7F3O3S/c10-9(11,12)6-3-5(16)1-2-7(6)15-4-8(13)14/h1-3,16H,4H2,(H,13,14). The Morgan fingerprint density at radius 1 is 1.44 bits per heavy atom. The SMILES string of the molecule is O=C(O)COc1ccc(S)cc1C(F)(F)F. The molecule has 0 heterocycles. The van der Waals surface area contributed by atoms with Crippen LogP contribution in [0.4, 0.5) is 13.2 Å². The van der Waals surface area contributed by atoms with Gasteiger partial charge in [-0.05, 0) is 18.2 Å². The minimum Gasteiger partial charge on any atom is -0.481 e. The van der Waals surface area contributed by atoms with Crippen molar-refractivity contribution in [3.63, 3.8) is 0 Å². The molecule has 0 amide bonds. The number of hydrogen-bond donors (Lipinski definition) is 2. The van der Waals surface area contributed by atoms with Crippen LogP contribution in [0.25, 0.3) is 0 Å². The molecule has 3 nitrogen and oxygen atoms in total. The fraction of sp³-hybridized carbons (Fsp3) is 0.222. The number of thiol groups is 1. The first-order chi connectivity index (χ1) is 7.30. The Morgan fingerprint density at radius 3 is 2.56 bits per heavy atom. The molecule has 0 atom stereocenters. The second-order valence-corrected chi connectivity index (χ2v) is 3.38. The van der Waals surface area contributed by atoms with Crippen LogP contribution < -0.4 is 4.74 Å². The number of carbonyl (C=O) groups is 1. The Labute approximate surface area is 94.2 Å². The van der Waals surface area contributed by atoms with Gasteiger partial charge in [0.2, 0.25) is 0 Å². The summed E-state index contributed by atoms with van der Waals surface area (Å²) in [6.45, 7) is -0.824. The van der Waals surface area contributed by atoms with Gasteiger partial charge in [0.15, 0.2) is 6.61 Å². The lowest BCUT2D eigenvalue weighted by atomic mass is 10.2. The number of carboxylic acid groups (broad SMARTS) is 1. The predicted molar refractivity (Wildman–Crippen MR) is 51.8 cm³/mol. The predicted octanol–water partition coefficient (Wildman–Crippen LogP) is 2.46. The van der Waals surface area contributed by atoms with E-state index in [0.717, 1.165) is 12.1 Å². The van der Waals surface area contributed by atoms with Gasteiger partial charge in [-0.3, -0.25) is 0 Å². The zero-order chi connectivity index (χ0) is 12.3. The van der Waals surface area contributed by atoms with E-state index in [2.05, 4.69) is 17.4 Å². The highest BCUT2D eigenvalue weighted by Crippen LogP contribution is 2.37. The second kappa shape index (κ2) is 4.65. The van der Waals surface area contributed by atoms with Crippen molar-refractivity contribution < 1.29 is 27.8 Å². The number of hydrogen-bond acceptors (Lipinski definition) is 3. The van der Waals surface area contributed by atoms with E-state index in [1.54, 1.807) is 0 Å². The number of benzene rings is 1. The van der Waals surface area contributed by atoms with Crippen molar-refractivity contribution >= 4 is 18.6 Å². The number of halogens is 3. The van der Waals surface area contributed by atoms with E-state index in [9.17, 15) is 18.0 Å². The summed E-state index contributed by atoms with van der Waals surface area (Å²) in [4.78, 5) is 10.3. The average Bonchev–Trinajstić information content (AvgIpc) is 2.14. The summed E-state index contributed by atoms with van der Waals surface area (Å²) in [5.74, 6) is -1.87. The van der Waals surface area contributed by atoms with Crippen LogP contribution in [0.3, 0.4) is 0 Å². The molecule has 88 valence electrons. The van der Waals surface area contributed by atoms with Crippen molar-refractivity contribution in [2.45, 2.75) is 11.1 Å². The molecular formula is C9H7F3O3S. The summed E-state index contributed by atoms with van der Waals surface area (Å²) in [7, 11) is 0. The molecule has 0 saturated carbocycles. The van der Waals surface area contributed by atoms with Crippen LogP contribution in [0, 0.1) is 0 Å². The molecule has 0 fully saturated rings. The topological polar surface area (TPSA) is 46.5 Å². The van der Waals surface area contributed by atoms with Gasteiger partial charge in [0.1, 0.15) is 5.75 Å². The molecule has 1 N–H and O–H groups in total. The van der Waals surface area contributed by atoms with Crippen LogP contribution in [0.15, 0.2) is 23.1 Å². The van der Waals surface area contributed by atoms with Crippen LogP contribution in [0.2, 0.25) is 0 Å². The van der Waals surface area contributed by atoms with Crippen LogP contribution in [-0.2, 0) is 11.0 Å². The molecule has 0 aromatic heterocycles. The van der Waals surface area contributed by atoms with Gasteiger partial charge in [-0.1, -0.05) is 0 Å². The summed E-state index contributed by atoms with van der Waals surface area (Å²) in [5, 5.41) is 8.30. The molecule has 1 rings (SSSR count). The summed E-state index contributed by atoms with van der Waals surface area (Å²) >= 11 is 3.77. The maximum atomic E-state index is 12.5. The number of aliphatic carboxylic acids is 1. The van der Waals surface area contributed by atoms with E-state index in [0.29, 0.717) is 0 Å². The highest BCUT2D eigenvalue weighted by Gasteiger charge is 2.34. The van der Waals surface area contributed by atoms with Crippen molar-refractivity contribution in [2.24, 2.45) is 0 Å². The molecule has 0 radical (unpaired) electrons. The van der Waals surface area contributed by atoms with Crippen molar-refractivity contribution in [1.82, 2.24) is 0 Å². The van der Waals surface area contributed by atoms with Crippen LogP contribution in [0.5, 0.6) is 5.75 Å². The molecule has 1 aromatic rings. The van der Waals surface area contributed by atoms with Crippen LogP contribution in [0.1, 0.15) is 5.56 Å². The van der Waals surface area contributed by atoms with Gasteiger partial charge in [-0.25, -0.2) is 4.79 Å². The summed E-state index contributed by atoms with van der Waals surface area (Å²) < 4.78 is 42.0. The number of carboxylic acids is 1. The first-order valence-electron chi connectivity index (χ1n) is 4.05. The molecule has 7 heteroatoms. The molecule has 0 unspecified atom stereocenters. The fourth-order valence-corrected chi connectivity index (χ4v) is 1.21. The lowest BCUT2D eigenvalue weighted by molar-refractivity contribution is -0.143. The summed E-state index contributed by atoms with van der Waals surface area (Å²) in [6, 6.07) is 3.10. The van der Waals surface area contributed by atoms with Gasteiger partial charge in [0.05, 0.1) is 5.56 Å². The lowest BCUT2D eigenvalue weighted by Gasteiger charge is -2.13. The maximum Gasteiger partial charge on any atom is 0.420 e. The molecular weight excluding hydrogens is 245 g/mol. The quantitative estimate of drug-likeness (QED) is 0.812. The normalized spacial score (nSPS) is 11.2. The van der Waals surface area contributed by atoms with Gasteiger partial charge in [0.25, 0.3) is 0 Å². The van der Waals surface area contributed by atoms with Gasteiger partial charge in [-0.15, -0.1) is 12.6 Å². The Bertz CT molecular complexity index is 403. The lowest BCUT2D eigenvalue weighted by Crippen LogP contribution is -2.14. The van der Waals surface area contributed by atoms with Crippen LogP contribution in [-0.4, -0.2) is 17.7 Å². The van der Waals surface area contributed by atoms with E-state index in [1.807, 2.05) is 0 Å². The molecule has 1 aromatic carbocycles. The van der Waals surface area contributed by atoms with Gasteiger partial charge >= 0.3 is 12.1 Å². The largest absolute Gasteiger partial charge is 0.481 e. The Kier molecular flexibility index (Phi) is 3.69. The molecule has 0 bridgehead atoms.